The number of carboxylic acids is 1. The Morgan fingerprint density at radius 1 is 1.50 bits per heavy atom. The van der Waals surface area contributed by atoms with E-state index in [2.05, 4.69) is 12.2 Å². The van der Waals surface area contributed by atoms with Gasteiger partial charge in [0.25, 0.3) is 0 Å². The number of hydrogen-bond acceptors (Lipinski definition) is 5. The lowest BCUT2D eigenvalue weighted by atomic mass is 10.0. The van der Waals surface area contributed by atoms with Gasteiger partial charge in [0.05, 0.1) is 6.61 Å². The third-order valence-corrected chi connectivity index (χ3v) is 4.92. The largest absolute Gasteiger partial charge is 0.477 e. The fraction of sp³-hybridized carbons (Fsp3) is 0.692. The van der Waals surface area contributed by atoms with Crippen LogP contribution in [0.4, 0.5) is 0 Å². The Labute approximate surface area is 122 Å². The summed E-state index contributed by atoms with van der Waals surface area (Å²) in [5.74, 6) is -0.890. The minimum atomic E-state index is -1.14. The number of carboxylic acid groups (broad SMARTS) is 1. The van der Waals surface area contributed by atoms with Crippen LogP contribution in [0, 0.1) is 0 Å². The van der Waals surface area contributed by atoms with E-state index in [1.54, 1.807) is 0 Å². The third-order valence-electron chi connectivity index (χ3n) is 3.59. The van der Waals surface area contributed by atoms with Gasteiger partial charge in [0, 0.05) is 5.75 Å². The Hall–Kier alpha value is -1.05. The molecule has 1 fully saturated rings. The summed E-state index contributed by atoms with van der Waals surface area (Å²) in [6, 6.07) is -0.300. The van der Waals surface area contributed by atoms with E-state index in [0.29, 0.717) is 11.3 Å². The number of fused-ring (bicyclic) bond motifs is 1. The number of rotatable bonds is 7. The summed E-state index contributed by atoms with van der Waals surface area (Å²) in [4.78, 5) is 24.7. The minimum absolute atomic E-state index is 0.0344. The maximum Gasteiger partial charge on any atom is 0.352 e. The first-order chi connectivity index (χ1) is 9.61. The highest BCUT2D eigenvalue weighted by Crippen LogP contribution is 2.40. The van der Waals surface area contributed by atoms with Crippen molar-refractivity contribution in [3.05, 3.63) is 11.3 Å². The monoisotopic (exact) mass is 300 g/mol. The van der Waals surface area contributed by atoms with Gasteiger partial charge in [-0.1, -0.05) is 19.8 Å². The summed E-state index contributed by atoms with van der Waals surface area (Å²) >= 11 is 1.50. The zero-order valence-electron chi connectivity index (χ0n) is 11.5. The van der Waals surface area contributed by atoms with Crippen LogP contribution < -0.4 is 5.32 Å². The number of aliphatic carboxylic acids is 1. The molecule has 112 valence electrons. The number of β-lactam (4-membered cyclic amide) rings is 1. The molecule has 3 N–H and O–H groups in total. The SMILES string of the molecule is CCCCCNC1C(=O)N2C(C(=O)O)=C(CO)CS[C@H]12. The second-order valence-electron chi connectivity index (χ2n) is 4.96. The van der Waals surface area contributed by atoms with E-state index in [1.807, 2.05) is 0 Å². The van der Waals surface area contributed by atoms with E-state index < -0.39 is 5.97 Å². The van der Waals surface area contributed by atoms with Gasteiger partial charge in [-0.25, -0.2) is 4.79 Å². The molecule has 2 rings (SSSR count). The number of thioether (sulfide) groups is 1. The maximum absolute atomic E-state index is 12.1. The summed E-state index contributed by atoms with van der Waals surface area (Å²) in [5, 5.41) is 21.5. The van der Waals surface area contributed by atoms with Gasteiger partial charge in [-0.2, -0.15) is 0 Å². The molecule has 20 heavy (non-hydrogen) atoms. The fourth-order valence-corrected chi connectivity index (χ4v) is 3.86. The summed E-state index contributed by atoms with van der Waals surface area (Å²) in [5.41, 5.74) is 0.379. The van der Waals surface area contributed by atoms with Crippen molar-refractivity contribution in [3.63, 3.8) is 0 Å². The Morgan fingerprint density at radius 2 is 2.25 bits per heavy atom. The Morgan fingerprint density at radius 3 is 2.85 bits per heavy atom. The molecule has 0 radical (unpaired) electrons. The molecule has 0 spiro atoms. The number of carbonyl (C=O) groups is 2. The fourth-order valence-electron chi connectivity index (χ4n) is 2.49. The highest BCUT2D eigenvalue weighted by Gasteiger charge is 2.53. The molecule has 0 aliphatic carbocycles. The average Bonchev–Trinajstić information content (AvgIpc) is 2.45. The molecule has 0 aromatic rings. The molecule has 2 atom stereocenters. The topological polar surface area (TPSA) is 89.9 Å². The smallest absolute Gasteiger partial charge is 0.352 e. The van der Waals surface area contributed by atoms with Gasteiger partial charge < -0.3 is 15.5 Å². The van der Waals surface area contributed by atoms with Crippen LogP contribution >= 0.6 is 11.8 Å². The molecule has 2 aliphatic rings. The lowest BCUT2D eigenvalue weighted by Gasteiger charge is -2.49. The third kappa shape index (κ3) is 2.70. The quantitative estimate of drug-likeness (QED) is 0.465. The van der Waals surface area contributed by atoms with Crippen molar-refractivity contribution in [2.45, 2.75) is 37.6 Å². The Kier molecular flexibility index (Phi) is 5.06. The minimum Gasteiger partial charge on any atom is -0.477 e. The van der Waals surface area contributed by atoms with Crippen LogP contribution in [0.15, 0.2) is 11.3 Å². The molecule has 0 aromatic carbocycles. The van der Waals surface area contributed by atoms with E-state index >= 15 is 0 Å². The second kappa shape index (κ2) is 6.60. The summed E-state index contributed by atoms with van der Waals surface area (Å²) in [6.07, 6.45) is 3.25. The molecule has 2 heterocycles. The van der Waals surface area contributed by atoms with Crippen LogP contribution in [0.25, 0.3) is 0 Å². The second-order valence-corrected chi connectivity index (χ2v) is 6.07. The summed E-state index contributed by atoms with van der Waals surface area (Å²) in [7, 11) is 0. The molecule has 1 unspecified atom stereocenters. The number of amides is 1. The van der Waals surface area contributed by atoms with Gasteiger partial charge in [-0.05, 0) is 18.5 Å². The predicted octanol–water partition coefficient (Wildman–Crippen LogP) is 0.381. The van der Waals surface area contributed by atoms with E-state index in [1.165, 1.54) is 16.7 Å². The molecule has 1 saturated heterocycles. The first-order valence-corrected chi connectivity index (χ1v) is 7.91. The molecular formula is C13H20N2O4S. The Balaban J connectivity index is 2.01. The number of aliphatic hydroxyl groups is 1. The van der Waals surface area contributed by atoms with Crippen LogP contribution in [0.1, 0.15) is 26.2 Å². The first-order valence-electron chi connectivity index (χ1n) is 6.86. The summed E-state index contributed by atoms with van der Waals surface area (Å²) < 4.78 is 0. The van der Waals surface area contributed by atoms with Gasteiger partial charge in [0.15, 0.2) is 0 Å². The molecule has 7 heteroatoms. The van der Waals surface area contributed by atoms with E-state index in [9.17, 15) is 19.8 Å². The zero-order valence-corrected chi connectivity index (χ0v) is 12.3. The van der Waals surface area contributed by atoms with Gasteiger partial charge >= 0.3 is 5.97 Å². The number of unbranched alkanes of at least 4 members (excludes halogenated alkanes) is 2. The molecule has 0 bridgehead atoms. The highest BCUT2D eigenvalue weighted by atomic mass is 32.2. The zero-order chi connectivity index (χ0) is 14.7. The number of nitrogens with one attached hydrogen (secondary N) is 1. The van der Waals surface area contributed by atoms with Gasteiger partial charge in [-0.3, -0.25) is 9.69 Å². The van der Waals surface area contributed by atoms with Crippen molar-refractivity contribution >= 4 is 23.6 Å². The van der Waals surface area contributed by atoms with Crippen LogP contribution in [0.3, 0.4) is 0 Å². The van der Waals surface area contributed by atoms with Gasteiger partial charge in [-0.15, -0.1) is 11.8 Å². The molecular weight excluding hydrogens is 280 g/mol. The van der Waals surface area contributed by atoms with Crippen LogP contribution in [0.5, 0.6) is 0 Å². The standard InChI is InChI=1S/C13H20N2O4S/c1-2-3-4-5-14-9-11(17)15-10(13(18)19)8(6-16)7-20-12(9)15/h9,12,14,16H,2-7H2,1H3,(H,18,19)/t9?,12-/m1/s1. The van der Waals surface area contributed by atoms with Crippen molar-refractivity contribution in [1.82, 2.24) is 10.2 Å². The Bertz CT molecular complexity index is 438. The number of nitrogens with zero attached hydrogens (tertiary/aromatic N) is 1. The molecule has 0 saturated carbocycles. The predicted molar refractivity (Wildman–Crippen MR) is 76.2 cm³/mol. The van der Waals surface area contributed by atoms with Crippen LogP contribution in [-0.4, -0.2) is 57.3 Å². The lowest BCUT2D eigenvalue weighted by molar-refractivity contribution is -0.149. The van der Waals surface area contributed by atoms with E-state index in [4.69, 9.17) is 0 Å². The van der Waals surface area contributed by atoms with Crippen molar-refractivity contribution in [2.75, 3.05) is 18.9 Å². The number of hydrogen-bond donors (Lipinski definition) is 3. The van der Waals surface area contributed by atoms with Gasteiger partial charge in [0.1, 0.15) is 17.1 Å². The van der Waals surface area contributed by atoms with E-state index in [-0.39, 0.29) is 29.6 Å². The van der Waals surface area contributed by atoms with Crippen LogP contribution in [-0.2, 0) is 9.59 Å². The van der Waals surface area contributed by atoms with Crippen LogP contribution in [0.2, 0.25) is 0 Å². The molecule has 6 nitrogen and oxygen atoms in total. The highest BCUT2D eigenvalue weighted by molar-refractivity contribution is 8.00. The van der Waals surface area contributed by atoms with Crippen molar-refractivity contribution in [1.29, 1.82) is 0 Å². The van der Waals surface area contributed by atoms with E-state index in [0.717, 1.165) is 25.8 Å². The van der Waals surface area contributed by atoms with Crippen molar-refractivity contribution in [3.8, 4) is 0 Å². The van der Waals surface area contributed by atoms with Crippen molar-refractivity contribution in [2.24, 2.45) is 0 Å². The average molecular weight is 300 g/mol. The number of aliphatic hydroxyl groups excluding tert-OH is 1. The first kappa shape index (κ1) is 15.3. The maximum atomic E-state index is 12.1. The lowest BCUT2D eigenvalue weighted by Crippen LogP contribution is -2.70. The van der Waals surface area contributed by atoms with Crippen molar-refractivity contribution < 1.29 is 19.8 Å². The normalized spacial score (nSPS) is 25.5. The molecule has 1 amide bonds. The van der Waals surface area contributed by atoms with Gasteiger partial charge in [0.2, 0.25) is 5.91 Å². The number of carbonyl (C=O) groups excluding carboxylic acids is 1. The summed E-state index contributed by atoms with van der Waals surface area (Å²) in [6.45, 7) is 2.57. The molecule has 2 aliphatic heterocycles. The molecule has 0 aromatic heterocycles.